The predicted octanol–water partition coefficient (Wildman–Crippen LogP) is 0.402. The van der Waals surface area contributed by atoms with E-state index in [1.54, 1.807) is 6.33 Å². The fourth-order valence-electron chi connectivity index (χ4n) is 2.10. The maximum absolute atomic E-state index is 12.0. The van der Waals surface area contributed by atoms with Crippen molar-refractivity contribution in [1.82, 2.24) is 15.3 Å². The van der Waals surface area contributed by atoms with E-state index in [0.29, 0.717) is 6.42 Å². The van der Waals surface area contributed by atoms with Gasteiger partial charge in [-0.2, -0.15) is 0 Å². The molecule has 1 atom stereocenters. The lowest BCUT2D eigenvalue weighted by molar-refractivity contribution is -0.127. The molecule has 0 fully saturated rings. The summed E-state index contributed by atoms with van der Waals surface area (Å²) in [5.74, 6) is -0.00178. The maximum atomic E-state index is 12.0. The van der Waals surface area contributed by atoms with Crippen molar-refractivity contribution in [3.8, 4) is 0 Å². The van der Waals surface area contributed by atoms with Gasteiger partial charge in [0.15, 0.2) is 0 Å². The van der Waals surface area contributed by atoms with Gasteiger partial charge in [-0.15, -0.1) is 0 Å². The van der Waals surface area contributed by atoms with Crippen molar-refractivity contribution in [3.63, 3.8) is 0 Å². The van der Waals surface area contributed by atoms with Crippen LogP contribution in [0.4, 0.5) is 0 Å². The Bertz CT molecular complexity index is 412. The Balaban J connectivity index is 1.99. The molecule has 0 aromatic carbocycles. The molecule has 1 aliphatic rings. The van der Waals surface area contributed by atoms with Crippen LogP contribution >= 0.6 is 0 Å². The summed E-state index contributed by atoms with van der Waals surface area (Å²) in [7, 11) is 0. The molecule has 0 saturated heterocycles. The van der Waals surface area contributed by atoms with Gasteiger partial charge in [0.25, 0.3) is 0 Å². The Hall–Kier alpha value is -1.36. The highest BCUT2D eigenvalue weighted by Gasteiger charge is 2.29. The standard InChI is InChI=1S/C12H19N3O2/c1-12(2,6-16)15-11(17)8-3-4-9-10(5-8)14-7-13-9/h7-8,16H,3-6H2,1-2H3,(H,13,14)(H,15,17). The molecule has 1 amide bonds. The van der Waals surface area contributed by atoms with E-state index in [1.807, 2.05) is 13.8 Å². The number of hydrogen-bond donors (Lipinski definition) is 3. The van der Waals surface area contributed by atoms with E-state index in [-0.39, 0.29) is 18.4 Å². The average molecular weight is 237 g/mol. The van der Waals surface area contributed by atoms with E-state index in [1.165, 1.54) is 0 Å². The number of carbonyl (C=O) groups excluding carboxylic acids is 1. The first-order valence-electron chi connectivity index (χ1n) is 5.96. The van der Waals surface area contributed by atoms with Crippen LogP contribution < -0.4 is 5.32 Å². The van der Waals surface area contributed by atoms with Crippen LogP contribution in [0.2, 0.25) is 0 Å². The average Bonchev–Trinajstić information content (AvgIpc) is 2.75. The number of imidazole rings is 1. The summed E-state index contributed by atoms with van der Waals surface area (Å²) >= 11 is 0. The number of hydrogen-bond acceptors (Lipinski definition) is 3. The van der Waals surface area contributed by atoms with Crippen molar-refractivity contribution in [2.24, 2.45) is 5.92 Å². The van der Waals surface area contributed by atoms with Crippen LogP contribution in [0, 0.1) is 5.92 Å². The molecule has 1 heterocycles. The molecule has 3 N–H and O–H groups in total. The van der Waals surface area contributed by atoms with Gasteiger partial charge in [0.1, 0.15) is 0 Å². The van der Waals surface area contributed by atoms with Gasteiger partial charge in [0, 0.05) is 18.0 Å². The quantitative estimate of drug-likeness (QED) is 0.712. The Morgan fingerprint density at radius 3 is 3.18 bits per heavy atom. The van der Waals surface area contributed by atoms with Crippen molar-refractivity contribution >= 4 is 5.91 Å². The molecule has 1 unspecified atom stereocenters. The molecule has 5 heteroatoms. The van der Waals surface area contributed by atoms with Gasteiger partial charge in [-0.05, 0) is 26.7 Å². The van der Waals surface area contributed by atoms with E-state index in [4.69, 9.17) is 5.11 Å². The smallest absolute Gasteiger partial charge is 0.224 e. The third-order valence-corrected chi connectivity index (χ3v) is 3.22. The van der Waals surface area contributed by atoms with E-state index in [0.717, 1.165) is 24.2 Å². The van der Waals surface area contributed by atoms with Gasteiger partial charge >= 0.3 is 0 Å². The second kappa shape index (κ2) is 4.49. The maximum Gasteiger partial charge on any atom is 0.224 e. The van der Waals surface area contributed by atoms with Crippen LogP contribution in [0.15, 0.2) is 6.33 Å². The van der Waals surface area contributed by atoms with Crippen molar-refractivity contribution in [1.29, 1.82) is 0 Å². The summed E-state index contributed by atoms with van der Waals surface area (Å²) in [5.41, 5.74) is 1.60. The zero-order valence-electron chi connectivity index (χ0n) is 10.3. The van der Waals surface area contributed by atoms with Gasteiger partial charge in [-0.1, -0.05) is 0 Å². The summed E-state index contributed by atoms with van der Waals surface area (Å²) in [5, 5.41) is 12.0. The zero-order valence-corrected chi connectivity index (χ0v) is 10.3. The Kier molecular flexibility index (Phi) is 3.19. The van der Waals surface area contributed by atoms with Crippen LogP contribution in [0.1, 0.15) is 31.7 Å². The first kappa shape index (κ1) is 12.1. The van der Waals surface area contributed by atoms with E-state index < -0.39 is 5.54 Å². The Morgan fingerprint density at radius 2 is 2.47 bits per heavy atom. The minimum absolute atomic E-state index is 0.0179. The van der Waals surface area contributed by atoms with Crippen LogP contribution in [-0.4, -0.2) is 33.1 Å². The number of aliphatic hydroxyl groups excluding tert-OH is 1. The Morgan fingerprint density at radius 1 is 1.71 bits per heavy atom. The van der Waals surface area contributed by atoms with Crippen molar-refractivity contribution < 1.29 is 9.90 Å². The number of aryl methyl sites for hydroxylation is 1. The van der Waals surface area contributed by atoms with Crippen molar-refractivity contribution in [3.05, 3.63) is 17.7 Å². The topological polar surface area (TPSA) is 78.0 Å². The van der Waals surface area contributed by atoms with Gasteiger partial charge in [0.05, 0.1) is 24.2 Å². The van der Waals surface area contributed by atoms with E-state index in [9.17, 15) is 4.79 Å². The number of aromatic amines is 1. The highest BCUT2D eigenvalue weighted by atomic mass is 16.3. The van der Waals surface area contributed by atoms with Crippen molar-refractivity contribution in [2.75, 3.05) is 6.61 Å². The molecule has 0 aliphatic heterocycles. The summed E-state index contributed by atoms with van der Waals surface area (Å²) in [6, 6.07) is 0. The molecule has 5 nitrogen and oxygen atoms in total. The summed E-state index contributed by atoms with van der Waals surface area (Å²) in [6.07, 6.45) is 4.06. The number of aromatic nitrogens is 2. The number of nitrogens with zero attached hydrogens (tertiary/aromatic N) is 1. The van der Waals surface area contributed by atoms with E-state index in [2.05, 4.69) is 15.3 Å². The fraction of sp³-hybridized carbons (Fsp3) is 0.667. The number of carbonyl (C=O) groups is 1. The third kappa shape index (κ3) is 2.66. The molecule has 94 valence electrons. The fourth-order valence-corrected chi connectivity index (χ4v) is 2.10. The Labute approximate surface area is 101 Å². The summed E-state index contributed by atoms with van der Waals surface area (Å²) in [6.45, 7) is 3.57. The number of fused-ring (bicyclic) bond motifs is 1. The lowest BCUT2D eigenvalue weighted by atomic mass is 9.88. The normalized spacial score (nSPS) is 19.8. The largest absolute Gasteiger partial charge is 0.394 e. The SMILES string of the molecule is CC(C)(CO)NC(=O)C1CCc2nc[nH]c2C1. The van der Waals surface area contributed by atoms with Crippen LogP contribution in [-0.2, 0) is 17.6 Å². The predicted molar refractivity (Wildman–Crippen MR) is 63.4 cm³/mol. The lowest BCUT2D eigenvalue weighted by Crippen LogP contribution is -2.49. The van der Waals surface area contributed by atoms with Crippen molar-refractivity contribution in [2.45, 2.75) is 38.6 Å². The minimum atomic E-state index is -0.550. The molecule has 17 heavy (non-hydrogen) atoms. The van der Waals surface area contributed by atoms with Crippen LogP contribution in [0.5, 0.6) is 0 Å². The van der Waals surface area contributed by atoms with Crippen LogP contribution in [0.25, 0.3) is 0 Å². The third-order valence-electron chi connectivity index (χ3n) is 3.22. The number of rotatable bonds is 3. The highest BCUT2D eigenvalue weighted by molar-refractivity contribution is 5.80. The molecule has 0 bridgehead atoms. The van der Waals surface area contributed by atoms with Gasteiger partial charge in [-0.25, -0.2) is 4.98 Å². The monoisotopic (exact) mass is 237 g/mol. The summed E-state index contributed by atoms with van der Waals surface area (Å²) in [4.78, 5) is 19.3. The molecule has 0 spiro atoms. The highest BCUT2D eigenvalue weighted by Crippen LogP contribution is 2.23. The first-order chi connectivity index (χ1) is 8.02. The molecule has 1 aromatic rings. The molecule has 1 aliphatic carbocycles. The van der Waals surface area contributed by atoms with Gasteiger partial charge in [-0.3, -0.25) is 4.79 Å². The second-order valence-corrected chi connectivity index (χ2v) is 5.30. The minimum Gasteiger partial charge on any atom is -0.394 e. The number of amides is 1. The van der Waals surface area contributed by atoms with Gasteiger partial charge < -0.3 is 15.4 Å². The zero-order chi connectivity index (χ0) is 12.5. The number of nitrogens with one attached hydrogen (secondary N) is 2. The van der Waals surface area contributed by atoms with Gasteiger partial charge in [0.2, 0.25) is 5.91 Å². The molecule has 2 rings (SSSR count). The van der Waals surface area contributed by atoms with Crippen LogP contribution in [0.3, 0.4) is 0 Å². The lowest BCUT2D eigenvalue weighted by Gasteiger charge is -2.28. The number of H-pyrrole nitrogens is 1. The molecular weight excluding hydrogens is 218 g/mol. The number of aliphatic hydroxyl groups is 1. The first-order valence-corrected chi connectivity index (χ1v) is 5.96. The molecule has 1 aromatic heterocycles. The second-order valence-electron chi connectivity index (χ2n) is 5.30. The molecule has 0 saturated carbocycles. The van der Waals surface area contributed by atoms with E-state index >= 15 is 0 Å². The summed E-state index contributed by atoms with van der Waals surface area (Å²) < 4.78 is 0. The molecular formula is C12H19N3O2. The molecule has 0 radical (unpaired) electrons.